The van der Waals surface area contributed by atoms with Crippen molar-refractivity contribution in [1.82, 2.24) is 0 Å². The molecule has 0 aromatic rings. The van der Waals surface area contributed by atoms with Crippen LogP contribution in [0.25, 0.3) is 0 Å². The quantitative estimate of drug-likeness (QED) is 0.579. The molecular weight excluding hydrogens is 186 g/mol. The number of hydrogen-bond acceptors (Lipinski definition) is 5. The summed E-state index contributed by atoms with van der Waals surface area (Å²) in [5.74, 6) is -0.978. The molecule has 0 spiro atoms. The first-order valence-corrected chi connectivity index (χ1v) is 4.51. The van der Waals surface area contributed by atoms with Gasteiger partial charge in [0.1, 0.15) is 0 Å². The number of nitriles is 1. The number of hydrogen-bond donors (Lipinski definition) is 1. The minimum absolute atomic E-state index is 0.00287. The van der Waals surface area contributed by atoms with E-state index in [1.165, 1.54) is 6.07 Å². The number of ether oxygens (including phenoxy) is 1. The SMILES string of the molecule is CCOC(=O)C1(O)CCCC1([O-])C#N. The zero-order valence-corrected chi connectivity index (χ0v) is 7.95. The summed E-state index contributed by atoms with van der Waals surface area (Å²) in [7, 11) is 0. The Kier molecular flexibility index (Phi) is 2.79. The molecule has 0 heterocycles. The van der Waals surface area contributed by atoms with Crippen molar-refractivity contribution < 1.29 is 19.7 Å². The van der Waals surface area contributed by atoms with Crippen LogP contribution in [-0.2, 0) is 9.53 Å². The summed E-state index contributed by atoms with van der Waals surface area (Å²) in [5.41, 5.74) is -4.42. The molecule has 78 valence electrons. The number of nitrogens with zero attached hydrogens (tertiary/aromatic N) is 1. The van der Waals surface area contributed by atoms with Crippen LogP contribution in [0.3, 0.4) is 0 Å². The van der Waals surface area contributed by atoms with E-state index in [1.807, 2.05) is 0 Å². The number of aliphatic hydroxyl groups is 1. The van der Waals surface area contributed by atoms with Crippen LogP contribution in [-0.4, -0.2) is 28.9 Å². The molecule has 2 unspecified atom stereocenters. The largest absolute Gasteiger partial charge is 0.836 e. The first kappa shape index (κ1) is 11.0. The van der Waals surface area contributed by atoms with E-state index in [-0.39, 0.29) is 19.4 Å². The van der Waals surface area contributed by atoms with Gasteiger partial charge in [-0.1, -0.05) is 0 Å². The van der Waals surface area contributed by atoms with Gasteiger partial charge in [-0.2, -0.15) is 5.26 Å². The van der Waals surface area contributed by atoms with Crippen molar-refractivity contribution in [2.24, 2.45) is 0 Å². The molecule has 5 nitrogen and oxygen atoms in total. The van der Waals surface area contributed by atoms with Crippen molar-refractivity contribution in [3.8, 4) is 6.07 Å². The van der Waals surface area contributed by atoms with Gasteiger partial charge in [0.05, 0.1) is 12.7 Å². The lowest BCUT2D eigenvalue weighted by atomic mass is 9.87. The maximum Gasteiger partial charge on any atom is 0.338 e. The number of rotatable bonds is 2. The van der Waals surface area contributed by atoms with Crippen LogP contribution >= 0.6 is 0 Å². The van der Waals surface area contributed by atoms with Gasteiger partial charge in [0.2, 0.25) is 0 Å². The second kappa shape index (κ2) is 3.56. The molecular formula is C9H12NO4-. The molecule has 2 atom stereocenters. The summed E-state index contributed by atoms with van der Waals surface area (Å²) >= 11 is 0. The van der Waals surface area contributed by atoms with Crippen molar-refractivity contribution in [2.45, 2.75) is 37.4 Å². The minimum atomic E-state index is -2.25. The van der Waals surface area contributed by atoms with Gasteiger partial charge in [0.25, 0.3) is 0 Å². The first-order chi connectivity index (χ1) is 6.50. The Bertz CT molecular complexity index is 285. The third-order valence-corrected chi connectivity index (χ3v) is 2.53. The Labute approximate surface area is 81.9 Å². The van der Waals surface area contributed by atoms with Crippen molar-refractivity contribution >= 4 is 5.97 Å². The van der Waals surface area contributed by atoms with E-state index in [4.69, 9.17) is 5.26 Å². The van der Waals surface area contributed by atoms with E-state index in [0.29, 0.717) is 6.42 Å². The molecule has 0 radical (unpaired) electrons. The Morgan fingerprint density at radius 1 is 1.71 bits per heavy atom. The molecule has 0 bridgehead atoms. The van der Waals surface area contributed by atoms with Crippen LogP contribution in [0.4, 0.5) is 0 Å². The highest BCUT2D eigenvalue weighted by Gasteiger charge is 2.53. The highest BCUT2D eigenvalue weighted by atomic mass is 16.6. The van der Waals surface area contributed by atoms with Gasteiger partial charge >= 0.3 is 5.97 Å². The average molecular weight is 198 g/mol. The fraction of sp³-hybridized carbons (Fsp3) is 0.778. The maximum atomic E-state index is 11.7. The van der Waals surface area contributed by atoms with Gasteiger partial charge in [0.15, 0.2) is 5.60 Å². The van der Waals surface area contributed by atoms with Crippen LogP contribution in [0, 0.1) is 11.3 Å². The van der Waals surface area contributed by atoms with E-state index in [2.05, 4.69) is 4.74 Å². The van der Waals surface area contributed by atoms with Gasteiger partial charge in [0, 0.05) is 5.60 Å². The molecule has 1 aliphatic rings. The van der Waals surface area contributed by atoms with E-state index in [1.54, 1.807) is 6.92 Å². The van der Waals surface area contributed by atoms with Crippen LogP contribution in [0.5, 0.6) is 0 Å². The van der Waals surface area contributed by atoms with E-state index in [9.17, 15) is 15.0 Å². The summed E-state index contributed by atoms with van der Waals surface area (Å²) < 4.78 is 4.59. The molecule has 0 aliphatic heterocycles. The van der Waals surface area contributed by atoms with E-state index >= 15 is 0 Å². The van der Waals surface area contributed by atoms with Crippen molar-refractivity contribution in [2.75, 3.05) is 6.61 Å². The summed E-state index contributed by atoms with van der Waals surface area (Å²) in [4.78, 5) is 11.3. The monoisotopic (exact) mass is 198 g/mol. The predicted octanol–water partition coefficient (Wildman–Crippen LogP) is -0.913. The van der Waals surface area contributed by atoms with E-state index in [0.717, 1.165) is 0 Å². The normalized spacial score (nSPS) is 36.4. The molecule has 14 heavy (non-hydrogen) atoms. The van der Waals surface area contributed by atoms with Crippen LogP contribution in [0.2, 0.25) is 0 Å². The maximum absolute atomic E-state index is 11.7. The van der Waals surface area contributed by atoms with Gasteiger partial charge in [-0.3, -0.25) is 0 Å². The van der Waals surface area contributed by atoms with Crippen LogP contribution < -0.4 is 5.11 Å². The Morgan fingerprint density at radius 2 is 2.36 bits per heavy atom. The van der Waals surface area contributed by atoms with Gasteiger partial charge in [-0.15, -0.1) is 0 Å². The molecule has 1 rings (SSSR count). The van der Waals surface area contributed by atoms with Crippen molar-refractivity contribution in [3.63, 3.8) is 0 Å². The highest BCUT2D eigenvalue weighted by Crippen LogP contribution is 2.37. The summed E-state index contributed by atoms with van der Waals surface area (Å²) in [6, 6.07) is 1.46. The molecule has 0 aromatic carbocycles. The third kappa shape index (κ3) is 1.37. The van der Waals surface area contributed by atoms with Crippen LogP contribution in [0.1, 0.15) is 26.2 Å². The molecule has 5 heteroatoms. The topological polar surface area (TPSA) is 93.4 Å². The van der Waals surface area contributed by atoms with Gasteiger partial charge in [-0.25, -0.2) is 4.79 Å². The molecule has 1 aliphatic carbocycles. The second-order valence-corrected chi connectivity index (χ2v) is 3.37. The first-order valence-electron chi connectivity index (χ1n) is 4.51. The summed E-state index contributed by atoms with van der Waals surface area (Å²) in [6.07, 6.45) is 0.355. The number of carbonyl (C=O) groups is 1. The highest BCUT2D eigenvalue weighted by molar-refractivity contribution is 5.82. The van der Waals surface area contributed by atoms with Crippen LogP contribution in [0.15, 0.2) is 0 Å². The summed E-state index contributed by atoms with van der Waals surface area (Å²) in [6.45, 7) is 1.66. The number of carbonyl (C=O) groups excluding carboxylic acids is 1. The molecule has 1 saturated carbocycles. The standard InChI is InChI=1S/C9H12NO4/c1-2-14-7(11)9(13)5-3-4-8(9,12)6-10/h13H,2-5H2,1H3/q-1. The average Bonchev–Trinajstić information content (AvgIpc) is 2.46. The fourth-order valence-electron chi connectivity index (χ4n) is 1.67. The second-order valence-electron chi connectivity index (χ2n) is 3.37. The van der Waals surface area contributed by atoms with E-state index < -0.39 is 17.2 Å². The van der Waals surface area contributed by atoms with Gasteiger partial charge in [-0.05, 0) is 26.2 Å². The Balaban J connectivity index is 2.93. The molecule has 0 aromatic heterocycles. The number of esters is 1. The fourth-order valence-corrected chi connectivity index (χ4v) is 1.67. The Morgan fingerprint density at radius 3 is 2.86 bits per heavy atom. The Hall–Kier alpha value is -1.12. The third-order valence-electron chi connectivity index (χ3n) is 2.53. The lowest BCUT2D eigenvalue weighted by molar-refractivity contribution is -0.479. The zero-order chi connectivity index (χ0) is 10.8. The summed E-state index contributed by atoms with van der Waals surface area (Å²) in [5, 5.41) is 30.2. The van der Waals surface area contributed by atoms with Crippen molar-refractivity contribution in [1.29, 1.82) is 5.26 Å². The molecule has 1 N–H and O–H groups in total. The van der Waals surface area contributed by atoms with Gasteiger partial charge < -0.3 is 14.9 Å². The predicted molar refractivity (Wildman–Crippen MR) is 43.8 cm³/mol. The lowest BCUT2D eigenvalue weighted by Crippen LogP contribution is -2.63. The lowest BCUT2D eigenvalue weighted by Gasteiger charge is -2.40. The smallest absolute Gasteiger partial charge is 0.338 e. The zero-order valence-electron chi connectivity index (χ0n) is 7.95. The van der Waals surface area contributed by atoms with Crippen molar-refractivity contribution in [3.05, 3.63) is 0 Å². The molecule has 0 amide bonds. The minimum Gasteiger partial charge on any atom is -0.836 e. The molecule has 0 saturated heterocycles. The molecule has 1 fully saturated rings.